The molecule has 0 spiro atoms. The highest BCUT2D eigenvalue weighted by atomic mass is 35.5. The Balaban J connectivity index is 1.71. The first-order chi connectivity index (χ1) is 12.9. The Hall–Kier alpha value is -2.85. The highest BCUT2D eigenvalue weighted by Gasteiger charge is 2.12. The van der Waals surface area contributed by atoms with Crippen LogP contribution >= 0.6 is 11.6 Å². The second-order valence-corrected chi connectivity index (χ2v) is 7.10. The molecule has 1 amide bonds. The van der Waals surface area contributed by atoms with Crippen LogP contribution in [0.15, 0.2) is 54.9 Å². The van der Waals surface area contributed by atoms with Gasteiger partial charge >= 0.3 is 0 Å². The van der Waals surface area contributed by atoms with E-state index in [1.165, 1.54) is 5.56 Å². The number of amides is 1. The van der Waals surface area contributed by atoms with Crippen LogP contribution in [-0.2, 0) is 6.54 Å². The van der Waals surface area contributed by atoms with Crippen LogP contribution in [0.3, 0.4) is 0 Å². The van der Waals surface area contributed by atoms with E-state index < -0.39 is 0 Å². The van der Waals surface area contributed by atoms with E-state index in [2.05, 4.69) is 46.8 Å². The maximum absolute atomic E-state index is 12.6. The van der Waals surface area contributed by atoms with E-state index in [1.54, 1.807) is 18.5 Å². The van der Waals surface area contributed by atoms with Crippen LogP contribution in [0, 0.1) is 20.8 Å². The number of hydrogen-bond acceptors (Lipinski definition) is 3. The van der Waals surface area contributed by atoms with Gasteiger partial charge in [0, 0.05) is 18.9 Å². The number of anilines is 2. The molecule has 0 fully saturated rings. The molecule has 2 aromatic carbocycles. The van der Waals surface area contributed by atoms with Gasteiger partial charge in [-0.25, -0.2) is 0 Å². The van der Waals surface area contributed by atoms with Gasteiger partial charge in [-0.1, -0.05) is 47.5 Å². The first-order valence-corrected chi connectivity index (χ1v) is 9.13. The Bertz CT molecular complexity index is 945. The summed E-state index contributed by atoms with van der Waals surface area (Å²) in [5.74, 6) is -0.240. The minimum atomic E-state index is -0.240. The lowest BCUT2D eigenvalue weighted by molar-refractivity contribution is 0.102. The summed E-state index contributed by atoms with van der Waals surface area (Å²) in [5.41, 5.74) is 6.26. The van der Waals surface area contributed by atoms with Gasteiger partial charge in [-0.2, -0.15) is 0 Å². The van der Waals surface area contributed by atoms with Gasteiger partial charge in [-0.05, 0) is 49.6 Å². The maximum atomic E-state index is 12.6. The molecule has 0 bridgehead atoms. The van der Waals surface area contributed by atoms with Crippen LogP contribution in [0.5, 0.6) is 0 Å². The highest BCUT2D eigenvalue weighted by Crippen LogP contribution is 2.28. The van der Waals surface area contributed by atoms with Crippen LogP contribution in [0.1, 0.15) is 32.6 Å². The summed E-state index contributed by atoms with van der Waals surface area (Å²) in [6, 6.07) is 13.9. The van der Waals surface area contributed by atoms with Crippen molar-refractivity contribution in [3.63, 3.8) is 0 Å². The summed E-state index contributed by atoms with van der Waals surface area (Å²) in [5, 5.41) is 6.72. The number of carbonyl (C=O) groups excluding carboxylic acids is 1. The lowest BCUT2D eigenvalue weighted by Crippen LogP contribution is -2.14. The molecule has 0 radical (unpaired) electrons. The smallest absolute Gasteiger partial charge is 0.257 e. The van der Waals surface area contributed by atoms with Crippen molar-refractivity contribution in [1.29, 1.82) is 0 Å². The van der Waals surface area contributed by atoms with Crippen LogP contribution in [0.25, 0.3) is 0 Å². The first-order valence-electron chi connectivity index (χ1n) is 8.75. The number of benzene rings is 2. The van der Waals surface area contributed by atoms with Gasteiger partial charge in [-0.15, -0.1) is 0 Å². The zero-order valence-electron chi connectivity index (χ0n) is 15.6. The Morgan fingerprint density at radius 1 is 1.00 bits per heavy atom. The van der Waals surface area contributed by atoms with Crippen molar-refractivity contribution < 1.29 is 4.79 Å². The normalized spacial score (nSPS) is 10.5. The number of pyridine rings is 1. The molecule has 3 aromatic rings. The Labute approximate surface area is 164 Å². The van der Waals surface area contributed by atoms with Crippen molar-refractivity contribution >= 4 is 28.9 Å². The third-order valence-corrected chi connectivity index (χ3v) is 4.59. The Kier molecular flexibility index (Phi) is 5.77. The molecule has 4 nitrogen and oxygen atoms in total. The van der Waals surface area contributed by atoms with Gasteiger partial charge in [-0.3, -0.25) is 9.78 Å². The molecule has 0 aliphatic rings. The number of aromatic nitrogens is 1. The SMILES string of the molecule is Cc1ccc(CNc2cncc(C(=O)Nc3c(C)cc(C)cc3Cl)c2)cc1. The summed E-state index contributed by atoms with van der Waals surface area (Å²) >= 11 is 6.28. The standard InChI is InChI=1S/C22H22ClN3O/c1-14-4-6-17(7-5-14)11-25-19-10-18(12-24-13-19)22(27)26-21-16(3)8-15(2)9-20(21)23/h4-10,12-13,25H,11H2,1-3H3,(H,26,27). The molecule has 1 heterocycles. The average Bonchev–Trinajstić information content (AvgIpc) is 2.64. The fourth-order valence-corrected chi connectivity index (χ4v) is 3.20. The predicted molar refractivity (Wildman–Crippen MR) is 112 cm³/mol. The van der Waals surface area contributed by atoms with Crippen LogP contribution < -0.4 is 10.6 Å². The largest absolute Gasteiger partial charge is 0.380 e. The van der Waals surface area contributed by atoms with E-state index in [9.17, 15) is 4.79 Å². The lowest BCUT2D eigenvalue weighted by Gasteiger charge is -2.12. The minimum absolute atomic E-state index is 0.240. The van der Waals surface area contributed by atoms with Gasteiger partial charge in [0.2, 0.25) is 0 Å². The number of rotatable bonds is 5. The molecule has 138 valence electrons. The summed E-state index contributed by atoms with van der Waals surface area (Å²) < 4.78 is 0. The van der Waals surface area contributed by atoms with Crippen molar-refractivity contribution in [3.05, 3.63) is 87.7 Å². The highest BCUT2D eigenvalue weighted by molar-refractivity contribution is 6.34. The number of nitrogens with one attached hydrogen (secondary N) is 2. The van der Waals surface area contributed by atoms with Crippen LogP contribution in [0.4, 0.5) is 11.4 Å². The van der Waals surface area contributed by atoms with Crippen molar-refractivity contribution in [1.82, 2.24) is 4.98 Å². The van der Waals surface area contributed by atoms with Crippen molar-refractivity contribution in [3.8, 4) is 0 Å². The minimum Gasteiger partial charge on any atom is -0.380 e. The molecule has 0 saturated heterocycles. The van der Waals surface area contributed by atoms with Gasteiger partial charge in [0.1, 0.15) is 0 Å². The molecule has 0 atom stereocenters. The number of hydrogen-bond donors (Lipinski definition) is 2. The van der Waals surface area contributed by atoms with E-state index >= 15 is 0 Å². The van der Waals surface area contributed by atoms with E-state index in [-0.39, 0.29) is 5.91 Å². The van der Waals surface area contributed by atoms with E-state index in [0.717, 1.165) is 22.4 Å². The van der Waals surface area contributed by atoms with Crippen molar-refractivity contribution in [2.24, 2.45) is 0 Å². The monoisotopic (exact) mass is 379 g/mol. The Morgan fingerprint density at radius 2 is 1.74 bits per heavy atom. The maximum Gasteiger partial charge on any atom is 0.257 e. The van der Waals surface area contributed by atoms with Crippen molar-refractivity contribution in [2.75, 3.05) is 10.6 Å². The molecular formula is C22H22ClN3O. The molecule has 0 unspecified atom stereocenters. The number of nitrogens with zero attached hydrogens (tertiary/aromatic N) is 1. The Morgan fingerprint density at radius 3 is 2.44 bits per heavy atom. The van der Waals surface area contributed by atoms with Gasteiger partial charge in [0.05, 0.1) is 22.0 Å². The number of aryl methyl sites for hydroxylation is 3. The second-order valence-electron chi connectivity index (χ2n) is 6.69. The summed E-state index contributed by atoms with van der Waals surface area (Å²) in [6.45, 7) is 6.62. The van der Waals surface area contributed by atoms with Crippen molar-refractivity contribution in [2.45, 2.75) is 27.3 Å². The van der Waals surface area contributed by atoms with E-state index in [1.807, 2.05) is 26.0 Å². The van der Waals surface area contributed by atoms with E-state index in [4.69, 9.17) is 11.6 Å². The molecule has 2 N–H and O–H groups in total. The predicted octanol–water partition coefficient (Wildman–Crippen LogP) is 5.52. The topological polar surface area (TPSA) is 54.0 Å². The summed E-state index contributed by atoms with van der Waals surface area (Å²) in [6.07, 6.45) is 3.25. The fraction of sp³-hybridized carbons (Fsp3) is 0.182. The molecule has 0 aliphatic heterocycles. The summed E-state index contributed by atoms with van der Waals surface area (Å²) in [4.78, 5) is 16.8. The third-order valence-electron chi connectivity index (χ3n) is 4.29. The molecule has 0 aliphatic carbocycles. The number of carbonyl (C=O) groups is 1. The third kappa shape index (κ3) is 4.86. The fourth-order valence-electron chi connectivity index (χ4n) is 2.83. The first kappa shape index (κ1) is 18.9. The summed E-state index contributed by atoms with van der Waals surface area (Å²) in [7, 11) is 0. The molecule has 0 saturated carbocycles. The molecule has 1 aromatic heterocycles. The van der Waals surface area contributed by atoms with Gasteiger partial charge < -0.3 is 10.6 Å². The molecule has 5 heteroatoms. The van der Waals surface area contributed by atoms with Crippen LogP contribution in [0.2, 0.25) is 5.02 Å². The molecular weight excluding hydrogens is 358 g/mol. The number of halogens is 1. The second kappa shape index (κ2) is 8.23. The quantitative estimate of drug-likeness (QED) is 0.613. The zero-order valence-corrected chi connectivity index (χ0v) is 16.4. The molecule has 27 heavy (non-hydrogen) atoms. The average molecular weight is 380 g/mol. The lowest BCUT2D eigenvalue weighted by atomic mass is 10.1. The molecule has 3 rings (SSSR count). The van der Waals surface area contributed by atoms with Gasteiger partial charge in [0.15, 0.2) is 0 Å². The van der Waals surface area contributed by atoms with E-state index in [0.29, 0.717) is 22.8 Å². The van der Waals surface area contributed by atoms with Gasteiger partial charge in [0.25, 0.3) is 5.91 Å². The zero-order chi connectivity index (χ0) is 19.4. The van der Waals surface area contributed by atoms with Crippen LogP contribution in [-0.4, -0.2) is 10.9 Å².